The molecule has 1 aromatic rings. The van der Waals surface area contributed by atoms with Crippen LogP contribution in [0.2, 0.25) is 0 Å². The number of hydrogen-bond donors (Lipinski definition) is 1. The van der Waals surface area contributed by atoms with Crippen molar-refractivity contribution in [3.63, 3.8) is 0 Å². The van der Waals surface area contributed by atoms with Crippen molar-refractivity contribution in [3.05, 3.63) is 22.9 Å². The van der Waals surface area contributed by atoms with Crippen LogP contribution in [0.25, 0.3) is 0 Å². The maximum absolute atomic E-state index is 11.7. The number of anilines is 1. The largest absolute Gasteiger partial charge is 0.311 e. The van der Waals surface area contributed by atoms with Gasteiger partial charge in [0.05, 0.1) is 0 Å². The molecule has 1 aromatic heterocycles. The fourth-order valence-corrected chi connectivity index (χ4v) is 2.79. The summed E-state index contributed by atoms with van der Waals surface area (Å²) < 4.78 is 23.0. The van der Waals surface area contributed by atoms with E-state index in [9.17, 15) is 13.2 Å². The summed E-state index contributed by atoms with van der Waals surface area (Å²) in [5.41, 5.74) is 0.614. The molecule has 0 aliphatic carbocycles. The van der Waals surface area contributed by atoms with Gasteiger partial charge in [0.2, 0.25) is 15.9 Å². The number of primary sulfonamides is 1. The summed E-state index contributed by atoms with van der Waals surface area (Å²) in [6, 6.07) is 3.30. The van der Waals surface area contributed by atoms with E-state index in [1.165, 1.54) is 11.1 Å². The van der Waals surface area contributed by atoms with Gasteiger partial charge in [0.15, 0.2) is 0 Å². The number of sulfonamides is 1. The summed E-state index contributed by atoms with van der Waals surface area (Å²) in [5.74, 6) is -0.248. The Bertz CT molecular complexity index is 560. The summed E-state index contributed by atoms with van der Waals surface area (Å²) in [6.45, 7) is 0.0914. The number of carbonyl (C=O) groups excluding carboxylic acids is 1. The predicted octanol–water partition coefficient (Wildman–Crippen LogP) is 0.238. The first kappa shape index (κ1) is 12.5. The van der Waals surface area contributed by atoms with Gasteiger partial charge >= 0.3 is 0 Å². The average molecular weight is 320 g/mol. The van der Waals surface area contributed by atoms with Gasteiger partial charge in [0, 0.05) is 24.8 Å². The van der Waals surface area contributed by atoms with Crippen molar-refractivity contribution >= 4 is 37.5 Å². The minimum absolute atomic E-state index is 0.0707. The van der Waals surface area contributed by atoms with Crippen LogP contribution < -0.4 is 10.0 Å². The molecule has 1 atom stereocenters. The number of rotatable bonds is 2. The molecule has 1 aliphatic rings. The molecule has 0 saturated carbocycles. The van der Waals surface area contributed by atoms with Gasteiger partial charge in [0.1, 0.15) is 9.85 Å². The predicted molar refractivity (Wildman–Crippen MR) is 65.8 cm³/mol. The van der Waals surface area contributed by atoms with Gasteiger partial charge < -0.3 is 4.90 Å². The standard InChI is InChI=1S/C9H10BrN3O3S/c10-8-3-6(1-2-12-8)13-5-7(4-9(13)14)17(11,15)16/h1-3,7H,4-5H2,(H2,11,15,16). The second-order valence-corrected chi connectivity index (χ2v) is 6.41. The Morgan fingerprint density at radius 2 is 2.24 bits per heavy atom. The second-order valence-electron chi connectivity index (χ2n) is 3.76. The minimum Gasteiger partial charge on any atom is -0.311 e. The minimum atomic E-state index is -3.68. The van der Waals surface area contributed by atoms with Crippen molar-refractivity contribution in [1.29, 1.82) is 0 Å². The monoisotopic (exact) mass is 319 g/mol. The zero-order chi connectivity index (χ0) is 12.6. The number of halogens is 1. The Labute approximate surface area is 107 Å². The van der Waals surface area contributed by atoms with Gasteiger partial charge in [-0.1, -0.05) is 0 Å². The van der Waals surface area contributed by atoms with Gasteiger partial charge in [-0.3, -0.25) is 4.79 Å². The number of aromatic nitrogens is 1. The first-order valence-electron chi connectivity index (χ1n) is 4.81. The van der Waals surface area contributed by atoms with E-state index >= 15 is 0 Å². The molecule has 0 aromatic carbocycles. The Morgan fingerprint density at radius 3 is 2.76 bits per heavy atom. The van der Waals surface area contributed by atoms with Crippen molar-refractivity contribution in [3.8, 4) is 0 Å². The molecule has 2 heterocycles. The first-order valence-corrected chi connectivity index (χ1v) is 7.21. The third-order valence-electron chi connectivity index (χ3n) is 2.58. The highest BCUT2D eigenvalue weighted by Gasteiger charge is 2.37. The van der Waals surface area contributed by atoms with Gasteiger partial charge in [-0.05, 0) is 28.1 Å². The SMILES string of the molecule is NS(=O)(=O)C1CC(=O)N(c2ccnc(Br)c2)C1. The molecule has 8 heteroatoms. The summed E-state index contributed by atoms with van der Waals surface area (Å²) >= 11 is 3.19. The molecule has 2 N–H and O–H groups in total. The van der Waals surface area contributed by atoms with E-state index in [2.05, 4.69) is 20.9 Å². The summed E-state index contributed by atoms with van der Waals surface area (Å²) in [5, 5.41) is 4.21. The highest BCUT2D eigenvalue weighted by atomic mass is 79.9. The maximum Gasteiger partial charge on any atom is 0.228 e. The third kappa shape index (κ3) is 2.64. The van der Waals surface area contributed by atoms with E-state index in [1.54, 1.807) is 12.1 Å². The Kier molecular flexibility index (Phi) is 3.19. The average Bonchev–Trinajstić information content (AvgIpc) is 2.60. The Balaban J connectivity index is 2.28. The molecule has 0 radical (unpaired) electrons. The normalized spacial score (nSPS) is 20.9. The van der Waals surface area contributed by atoms with E-state index in [0.29, 0.717) is 10.3 Å². The zero-order valence-corrected chi connectivity index (χ0v) is 11.1. The molecule has 17 heavy (non-hydrogen) atoms. The van der Waals surface area contributed by atoms with Crippen LogP contribution in [-0.4, -0.2) is 31.1 Å². The van der Waals surface area contributed by atoms with E-state index < -0.39 is 15.3 Å². The highest BCUT2D eigenvalue weighted by molar-refractivity contribution is 9.10. The van der Waals surface area contributed by atoms with E-state index in [4.69, 9.17) is 5.14 Å². The van der Waals surface area contributed by atoms with Crippen molar-refractivity contribution in [1.82, 2.24) is 4.98 Å². The molecule has 0 bridgehead atoms. The Hall–Kier alpha value is -0.990. The first-order chi connectivity index (χ1) is 7.88. The van der Waals surface area contributed by atoms with Gasteiger partial charge in [-0.2, -0.15) is 0 Å². The van der Waals surface area contributed by atoms with Crippen molar-refractivity contribution < 1.29 is 13.2 Å². The molecule has 6 nitrogen and oxygen atoms in total. The van der Waals surface area contributed by atoms with Crippen molar-refractivity contribution in [2.45, 2.75) is 11.7 Å². The van der Waals surface area contributed by atoms with Gasteiger partial charge in [-0.15, -0.1) is 0 Å². The van der Waals surface area contributed by atoms with Crippen LogP contribution in [0.4, 0.5) is 5.69 Å². The molecule has 1 saturated heterocycles. The zero-order valence-electron chi connectivity index (χ0n) is 8.71. The lowest BCUT2D eigenvalue weighted by molar-refractivity contribution is -0.117. The van der Waals surface area contributed by atoms with E-state index in [1.807, 2.05) is 0 Å². The Morgan fingerprint density at radius 1 is 1.53 bits per heavy atom. The van der Waals surface area contributed by atoms with Gasteiger partial charge in [-0.25, -0.2) is 18.5 Å². The van der Waals surface area contributed by atoms with Crippen LogP contribution in [0.3, 0.4) is 0 Å². The van der Waals surface area contributed by atoms with Crippen LogP contribution in [-0.2, 0) is 14.8 Å². The highest BCUT2D eigenvalue weighted by Crippen LogP contribution is 2.25. The number of nitrogens with zero attached hydrogens (tertiary/aromatic N) is 2. The van der Waals surface area contributed by atoms with Crippen LogP contribution in [0.5, 0.6) is 0 Å². The molecular formula is C9H10BrN3O3S. The van der Waals surface area contributed by atoms with Crippen LogP contribution in [0.1, 0.15) is 6.42 Å². The molecule has 92 valence electrons. The molecule has 0 spiro atoms. The summed E-state index contributed by atoms with van der Waals surface area (Å²) in [6.07, 6.45) is 1.47. The van der Waals surface area contributed by atoms with Crippen molar-refractivity contribution in [2.75, 3.05) is 11.4 Å². The number of hydrogen-bond acceptors (Lipinski definition) is 4. The van der Waals surface area contributed by atoms with E-state index in [0.717, 1.165) is 0 Å². The molecule has 1 fully saturated rings. The molecule has 1 aliphatic heterocycles. The molecule has 1 amide bonds. The number of carbonyl (C=O) groups is 1. The number of nitrogens with two attached hydrogens (primary N) is 1. The lowest BCUT2D eigenvalue weighted by Crippen LogP contribution is -2.32. The molecule has 1 unspecified atom stereocenters. The molecular weight excluding hydrogens is 310 g/mol. The topological polar surface area (TPSA) is 93.4 Å². The fourth-order valence-electron chi connectivity index (χ4n) is 1.70. The third-order valence-corrected chi connectivity index (χ3v) is 4.25. The second kappa shape index (κ2) is 4.35. The molecule has 2 rings (SSSR count). The van der Waals surface area contributed by atoms with Crippen LogP contribution >= 0.6 is 15.9 Å². The summed E-state index contributed by atoms with van der Waals surface area (Å²) in [7, 11) is -3.68. The fraction of sp³-hybridized carbons (Fsp3) is 0.333. The lowest BCUT2D eigenvalue weighted by atomic mass is 10.4. The van der Waals surface area contributed by atoms with E-state index in [-0.39, 0.29) is 18.9 Å². The maximum atomic E-state index is 11.7. The van der Waals surface area contributed by atoms with Crippen molar-refractivity contribution in [2.24, 2.45) is 5.14 Å². The smallest absolute Gasteiger partial charge is 0.228 e. The number of pyridine rings is 1. The van der Waals surface area contributed by atoms with Crippen LogP contribution in [0.15, 0.2) is 22.9 Å². The number of amides is 1. The van der Waals surface area contributed by atoms with Gasteiger partial charge in [0.25, 0.3) is 0 Å². The van der Waals surface area contributed by atoms with Crippen LogP contribution in [0, 0.1) is 0 Å². The lowest BCUT2D eigenvalue weighted by Gasteiger charge is -2.16. The summed E-state index contributed by atoms with van der Waals surface area (Å²) in [4.78, 5) is 17.1. The quantitative estimate of drug-likeness (QED) is 0.790.